The van der Waals surface area contributed by atoms with Gasteiger partial charge in [-0.1, -0.05) is 11.6 Å². The molecule has 9 heteroatoms. The quantitative estimate of drug-likeness (QED) is 0.376. The molecule has 0 amide bonds. The summed E-state index contributed by atoms with van der Waals surface area (Å²) in [6.45, 7) is 5.24. The van der Waals surface area contributed by atoms with Gasteiger partial charge in [0.05, 0.1) is 19.8 Å². The molecule has 2 N–H and O–H groups in total. The van der Waals surface area contributed by atoms with Gasteiger partial charge in [0.2, 0.25) is 0 Å². The van der Waals surface area contributed by atoms with Crippen LogP contribution in [-0.4, -0.2) is 63.4 Å². The molecule has 1 aromatic rings. The monoisotopic (exact) mass is 404 g/mol. The third-order valence-corrected chi connectivity index (χ3v) is 4.27. The lowest BCUT2D eigenvalue weighted by Crippen LogP contribution is -2.40. The Bertz CT molecular complexity index is 599. The molecule has 1 fully saturated rings. The molecular weight excluding hydrogens is 378 g/mol. The minimum absolute atomic E-state index is 0.0846. The first-order valence-corrected chi connectivity index (χ1v) is 9.51. The van der Waals surface area contributed by atoms with E-state index in [0.717, 1.165) is 45.8 Å². The molecule has 1 saturated heterocycles. The van der Waals surface area contributed by atoms with E-state index in [1.54, 1.807) is 6.07 Å². The van der Waals surface area contributed by atoms with E-state index in [2.05, 4.69) is 25.3 Å². The van der Waals surface area contributed by atoms with Crippen LogP contribution in [0, 0.1) is 0 Å². The molecular formula is C18H27ClF2N4O2. The minimum atomic E-state index is -2.89. The van der Waals surface area contributed by atoms with Crippen molar-refractivity contribution in [2.24, 2.45) is 4.99 Å². The molecule has 27 heavy (non-hydrogen) atoms. The van der Waals surface area contributed by atoms with Gasteiger partial charge >= 0.3 is 6.61 Å². The predicted molar refractivity (Wildman–Crippen MR) is 103 cm³/mol. The van der Waals surface area contributed by atoms with Crippen molar-refractivity contribution in [3.8, 4) is 5.75 Å². The van der Waals surface area contributed by atoms with Crippen LogP contribution in [-0.2, 0) is 11.3 Å². The van der Waals surface area contributed by atoms with Gasteiger partial charge in [0, 0.05) is 36.8 Å². The number of nitrogens with zero attached hydrogens (tertiary/aromatic N) is 2. The van der Waals surface area contributed by atoms with Gasteiger partial charge in [-0.3, -0.25) is 4.90 Å². The van der Waals surface area contributed by atoms with Crippen LogP contribution in [0.5, 0.6) is 5.75 Å². The fourth-order valence-electron chi connectivity index (χ4n) is 2.72. The molecule has 0 saturated carbocycles. The van der Waals surface area contributed by atoms with Gasteiger partial charge in [-0.05, 0) is 38.1 Å². The zero-order valence-electron chi connectivity index (χ0n) is 15.5. The standard InChI is InChI=1S/C18H27ClF2N4O2/c1-2-22-18(23-6-3-7-25-8-10-26-11-9-25)24-13-14-12-15(19)4-5-16(14)27-17(20)21/h4-5,12,17H,2-3,6-11,13H2,1H3,(H2,22,23,24). The number of guanidine groups is 1. The minimum Gasteiger partial charge on any atom is -0.434 e. The van der Waals surface area contributed by atoms with E-state index in [-0.39, 0.29) is 12.3 Å². The lowest BCUT2D eigenvalue weighted by atomic mass is 10.2. The molecule has 0 spiro atoms. The molecule has 1 aliphatic heterocycles. The van der Waals surface area contributed by atoms with E-state index in [4.69, 9.17) is 16.3 Å². The van der Waals surface area contributed by atoms with Crippen LogP contribution in [0.3, 0.4) is 0 Å². The Balaban J connectivity index is 1.87. The van der Waals surface area contributed by atoms with Crippen molar-refractivity contribution in [2.75, 3.05) is 45.9 Å². The third-order valence-electron chi connectivity index (χ3n) is 4.04. The second kappa shape index (κ2) is 11.9. The van der Waals surface area contributed by atoms with Crippen LogP contribution in [0.25, 0.3) is 0 Å². The first kappa shape index (κ1) is 21.7. The maximum Gasteiger partial charge on any atom is 0.387 e. The molecule has 1 heterocycles. The number of rotatable bonds is 9. The van der Waals surface area contributed by atoms with Crippen molar-refractivity contribution in [1.82, 2.24) is 15.5 Å². The third kappa shape index (κ3) is 8.28. The Kier molecular flexibility index (Phi) is 9.58. The number of hydrogen-bond donors (Lipinski definition) is 2. The number of alkyl halides is 2. The maximum atomic E-state index is 12.6. The summed E-state index contributed by atoms with van der Waals surface area (Å²) in [5.74, 6) is 0.712. The van der Waals surface area contributed by atoms with E-state index in [1.165, 1.54) is 12.1 Å². The summed E-state index contributed by atoms with van der Waals surface area (Å²) in [4.78, 5) is 6.82. The second-order valence-electron chi connectivity index (χ2n) is 6.06. The summed E-state index contributed by atoms with van der Waals surface area (Å²) in [5, 5.41) is 6.86. The van der Waals surface area contributed by atoms with E-state index in [0.29, 0.717) is 23.1 Å². The molecule has 0 radical (unpaired) electrons. The highest BCUT2D eigenvalue weighted by atomic mass is 35.5. The first-order valence-electron chi connectivity index (χ1n) is 9.14. The van der Waals surface area contributed by atoms with Crippen molar-refractivity contribution < 1.29 is 18.3 Å². The van der Waals surface area contributed by atoms with Gasteiger partial charge in [-0.25, -0.2) is 4.99 Å². The second-order valence-corrected chi connectivity index (χ2v) is 6.50. The van der Waals surface area contributed by atoms with Gasteiger partial charge in [0.15, 0.2) is 5.96 Å². The maximum absolute atomic E-state index is 12.6. The average Bonchev–Trinajstić information content (AvgIpc) is 2.65. The molecule has 2 rings (SSSR count). The van der Waals surface area contributed by atoms with Gasteiger partial charge in [-0.2, -0.15) is 8.78 Å². The zero-order valence-corrected chi connectivity index (χ0v) is 16.3. The first-order chi connectivity index (χ1) is 13.1. The summed E-state index contributed by atoms with van der Waals surface area (Å²) >= 11 is 5.97. The van der Waals surface area contributed by atoms with E-state index in [9.17, 15) is 8.78 Å². The number of hydrogen-bond acceptors (Lipinski definition) is 4. The lowest BCUT2D eigenvalue weighted by Gasteiger charge is -2.26. The normalized spacial score (nSPS) is 15.8. The van der Waals surface area contributed by atoms with E-state index < -0.39 is 6.61 Å². The Labute approximate surface area is 163 Å². The summed E-state index contributed by atoms with van der Waals surface area (Å²) in [6.07, 6.45) is 0.974. The van der Waals surface area contributed by atoms with Crippen LogP contribution < -0.4 is 15.4 Å². The summed E-state index contributed by atoms with van der Waals surface area (Å²) < 4.78 is 35.0. The Morgan fingerprint density at radius 2 is 2.11 bits per heavy atom. The average molecular weight is 405 g/mol. The van der Waals surface area contributed by atoms with Crippen molar-refractivity contribution in [3.63, 3.8) is 0 Å². The Morgan fingerprint density at radius 1 is 1.33 bits per heavy atom. The summed E-state index contributed by atoms with van der Waals surface area (Å²) in [5.41, 5.74) is 0.508. The van der Waals surface area contributed by atoms with Crippen molar-refractivity contribution >= 4 is 17.6 Å². The van der Waals surface area contributed by atoms with E-state index >= 15 is 0 Å². The number of nitrogens with one attached hydrogen (secondary N) is 2. The van der Waals surface area contributed by atoms with Crippen molar-refractivity contribution in [2.45, 2.75) is 26.5 Å². The van der Waals surface area contributed by atoms with Gasteiger partial charge in [0.25, 0.3) is 0 Å². The number of morpholine rings is 1. The molecule has 0 aromatic heterocycles. The molecule has 0 bridgehead atoms. The molecule has 152 valence electrons. The summed E-state index contributed by atoms with van der Waals surface area (Å²) in [7, 11) is 0. The molecule has 1 aromatic carbocycles. The number of ether oxygens (including phenoxy) is 2. The molecule has 6 nitrogen and oxygen atoms in total. The smallest absolute Gasteiger partial charge is 0.387 e. The summed E-state index contributed by atoms with van der Waals surface area (Å²) in [6, 6.07) is 4.54. The van der Waals surface area contributed by atoms with Crippen molar-refractivity contribution in [1.29, 1.82) is 0 Å². The lowest BCUT2D eigenvalue weighted by molar-refractivity contribution is -0.0504. The fraction of sp³-hybridized carbons (Fsp3) is 0.611. The Hall–Kier alpha value is -1.64. The molecule has 0 atom stereocenters. The largest absolute Gasteiger partial charge is 0.434 e. The predicted octanol–water partition coefficient (Wildman–Crippen LogP) is 2.72. The van der Waals surface area contributed by atoms with Gasteiger partial charge in [-0.15, -0.1) is 0 Å². The zero-order chi connectivity index (χ0) is 19.5. The number of halogens is 3. The fourth-order valence-corrected chi connectivity index (χ4v) is 2.92. The van der Waals surface area contributed by atoms with Crippen LogP contribution in [0.15, 0.2) is 23.2 Å². The van der Waals surface area contributed by atoms with E-state index in [1.807, 2.05) is 6.92 Å². The topological polar surface area (TPSA) is 58.1 Å². The van der Waals surface area contributed by atoms with Gasteiger partial charge in [0.1, 0.15) is 5.75 Å². The molecule has 1 aliphatic rings. The highest BCUT2D eigenvalue weighted by Gasteiger charge is 2.11. The van der Waals surface area contributed by atoms with Crippen LogP contribution in [0.1, 0.15) is 18.9 Å². The highest BCUT2D eigenvalue weighted by Crippen LogP contribution is 2.25. The molecule has 0 aliphatic carbocycles. The highest BCUT2D eigenvalue weighted by molar-refractivity contribution is 6.30. The van der Waals surface area contributed by atoms with Crippen LogP contribution in [0.2, 0.25) is 5.02 Å². The molecule has 0 unspecified atom stereocenters. The number of aliphatic imine (C=N–C) groups is 1. The SMILES string of the molecule is CCNC(=NCc1cc(Cl)ccc1OC(F)F)NCCCN1CCOCC1. The number of benzene rings is 1. The Morgan fingerprint density at radius 3 is 2.81 bits per heavy atom. The van der Waals surface area contributed by atoms with Gasteiger partial charge < -0.3 is 20.1 Å². The van der Waals surface area contributed by atoms with Crippen LogP contribution >= 0.6 is 11.6 Å². The van der Waals surface area contributed by atoms with Crippen molar-refractivity contribution in [3.05, 3.63) is 28.8 Å². The van der Waals surface area contributed by atoms with Crippen LogP contribution in [0.4, 0.5) is 8.78 Å².